The number of amides is 1. The lowest BCUT2D eigenvalue weighted by Crippen LogP contribution is -2.28. The number of carbonyl (C=O) groups excluding carboxylic acids is 1. The number of nitrogens with one attached hydrogen (secondary N) is 2. The van der Waals surface area contributed by atoms with Crippen LogP contribution in [0.15, 0.2) is 54.9 Å². The van der Waals surface area contributed by atoms with E-state index in [0.29, 0.717) is 17.2 Å². The molecule has 1 amide bonds. The molecule has 4 aromatic rings. The van der Waals surface area contributed by atoms with Crippen LogP contribution in [0.4, 0.5) is 26.3 Å². The molecule has 2 N–H and O–H groups in total. The Bertz CT molecular complexity index is 1620. The number of hydrogen-bond acceptors (Lipinski definition) is 3. The minimum absolute atomic E-state index is 0.0478. The van der Waals surface area contributed by atoms with Gasteiger partial charge in [-0.3, -0.25) is 10.2 Å². The molecule has 0 aliphatic heterocycles. The Hall–Kier alpha value is -4.35. The Morgan fingerprint density at radius 1 is 1.05 bits per heavy atom. The van der Waals surface area contributed by atoms with E-state index in [0.717, 1.165) is 12.1 Å². The molecular formula is C27H23F6N5O. The van der Waals surface area contributed by atoms with Gasteiger partial charge in [0.05, 0.1) is 18.2 Å². The maximum atomic E-state index is 15.8. The van der Waals surface area contributed by atoms with E-state index in [1.54, 1.807) is 33.3 Å². The lowest BCUT2D eigenvalue weighted by Gasteiger charge is -2.18. The van der Waals surface area contributed by atoms with Crippen molar-refractivity contribution in [2.75, 3.05) is 0 Å². The first kappa shape index (κ1) is 27.7. The Balaban J connectivity index is 1.83. The molecule has 12 heteroatoms. The van der Waals surface area contributed by atoms with Crippen LogP contribution in [0.3, 0.4) is 0 Å². The van der Waals surface area contributed by atoms with Gasteiger partial charge in [-0.05, 0) is 60.9 Å². The molecule has 0 saturated carbocycles. The smallest absolute Gasteiger partial charge is 0.345 e. The molecule has 0 fully saturated rings. The third-order valence-corrected chi connectivity index (χ3v) is 6.26. The number of alkyl halides is 3. The molecule has 0 bridgehead atoms. The summed E-state index contributed by atoms with van der Waals surface area (Å²) in [4.78, 5) is 16.2. The van der Waals surface area contributed by atoms with Crippen LogP contribution in [-0.2, 0) is 19.8 Å². The zero-order chi connectivity index (χ0) is 28.6. The van der Waals surface area contributed by atoms with Gasteiger partial charge in [0.2, 0.25) is 11.6 Å². The van der Waals surface area contributed by atoms with Gasteiger partial charge >= 0.3 is 6.18 Å². The Kier molecular flexibility index (Phi) is 7.40. The number of rotatable bonds is 6. The van der Waals surface area contributed by atoms with E-state index in [4.69, 9.17) is 5.41 Å². The molecule has 204 valence electrons. The van der Waals surface area contributed by atoms with E-state index < -0.39 is 58.1 Å². The van der Waals surface area contributed by atoms with Crippen molar-refractivity contribution in [3.05, 3.63) is 106 Å². The van der Waals surface area contributed by atoms with E-state index in [9.17, 15) is 26.7 Å². The average Bonchev–Trinajstić information content (AvgIpc) is 3.18. The highest BCUT2D eigenvalue weighted by atomic mass is 19.4. The Morgan fingerprint density at radius 2 is 1.77 bits per heavy atom. The molecule has 6 nitrogen and oxygen atoms in total. The van der Waals surface area contributed by atoms with Crippen molar-refractivity contribution >= 4 is 5.91 Å². The fourth-order valence-corrected chi connectivity index (χ4v) is 4.15. The van der Waals surface area contributed by atoms with Gasteiger partial charge in [0.25, 0.3) is 5.91 Å². The standard InChI is InChI=1S/C27H23F6N5O/c1-14-10-17(4-6-21(14)28)15(2)35-25(39)20-12-16(13-38-9-8-37(3)26(38)34)11-19(23(20)30)18-5-7-22(29)36-24(18)27(31,32)33/h4-12,15,34H,13H2,1-3H3,(H,35,39)/t15-/m0/s1. The Labute approximate surface area is 219 Å². The highest BCUT2D eigenvalue weighted by Gasteiger charge is 2.37. The van der Waals surface area contributed by atoms with Crippen molar-refractivity contribution in [3.63, 3.8) is 0 Å². The van der Waals surface area contributed by atoms with Crippen LogP contribution in [0.25, 0.3) is 11.1 Å². The van der Waals surface area contributed by atoms with Crippen LogP contribution in [0.2, 0.25) is 0 Å². The minimum atomic E-state index is -5.11. The summed E-state index contributed by atoms with van der Waals surface area (Å²) in [5, 5.41) is 10.7. The SMILES string of the molecule is Cc1cc([C@H](C)NC(=O)c2cc(Cn3ccn(C)c3=N)cc(-c3ccc(F)nc3C(F)(F)F)c2F)ccc1F. The lowest BCUT2D eigenvalue weighted by atomic mass is 9.96. The number of aromatic nitrogens is 3. The molecule has 0 saturated heterocycles. The van der Waals surface area contributed by atoms with Gasteiger partial charge in [-0.1, -0.05) is 12.1 Å². The second-order valence-corrected chi connectivity index (χ2v) is 9.10. The van der Waals surface area contributed by atoms with Crippen LogP contribution in [0.5, 0.6) is 0 Å². The zero-order valence-corrected chi connectivity index (χ0v) is 21.0. The third-order valence-electron chi connectivity index (χ3n) is 6.26. The molecule has 0 radical (unpaired) electrons. The third kappa shape index (κ3) is 5.74. The van der Waals surface area contributed by atoms with Gasteiger partial charge in [0.1, 0.15) is 11.6 Å². The summed E-state index contributed by atoms with van der Waals surface area (Å²) < 4.78 is 87.3. The maximum Gasteiger partial charge on any atom is 0.434 e. The van der Waals surface area contributed by atoms with Crippen molar-refractivity contribution in [1.82, 2.24) is 19.4 Å². The molecule has 39 heavy (non-hydrogen) atoms. The molecule has 2 aromatic carbocycles. The summed E-state index contributed by atoms with van der Waals surface area (Å²) in [5.41, 5.74) is -2.44. The second kappa shape index (κ2) is 10.4. The number of imidazole rings is 1. The van der Waals surface area contributed by atoms with Crippen molar-refractivity contribution < 1.29 is 31.1 Å². The molecule has 2 aromatic heterocycles. The van der Waals surface area contributed by atoms with E-state index in [1.807, 2.05) is 0 Å². The summed E-state index contributed by atoms with van der Waals surface area (Å²) in [6.45, 7) is 3.06. The lowest BCUT2D eigenvalue weighted by molar-refractivity contribution is -0.141. The summed E-state index contributed by atoms with van der Waals surface area (Å²) in [6, 6.07) is 7.21. The normalized spacial score (nSPS) is 12.4. The average molecular weight is 548 g/mol. The molecule has 1 atom stereocenters. The van der Waals surface area contributed by atoms with Crippen molar-refractivity contribution in [2.45, 2.75) is 32.6 Å². The van der Waals surface area contributed by atoms with E-state index >= 15 is 4.39 Å². The van der Waals surface area contributed by atoms with Crippen LogP contribution in [0, 0.1) is 29.9 Å². The van der Waals surface area contributed by atoms with Crippen molar-refractivity contribution in [2.24, 2.45) is 7.05 Å². The van der Waals surface area contributed by atoms with Gasteiger partial charge in [-0.15, -0.1) is 0 Å². The van der Waals surface area contributed by atoms with Gasteiger partial charge in [0, 0.05) is 30.6 Å². The molecule has 0 unspecified atom stereocenters. The first-order chi connectivity index (χ1) is 18.3. The second-order valence-electron chi connectivity index (χ2n) is 9.10. The van der Waals surface area contributed by atoms with Gasteiger partial charge in [-0.2, -0.15) is 17.6 Å². The zero-order valence-electron chi connectivity index (χ0n) is 21.0. The molecule has 0 aliphatic carbocycles. The number of carbonyl (C=O) groups is 1. The van der Waals surface area contributed by atoms with E-state index in [-0.39, 0.29) is 17.7 Å². The van der Waals surface area contributed by atoms with Crippen molar-refractivity contribution in [1.29, 1.82) is 5.41 Å². The highest BCUT2D eigenvalue weighted by Crippen LogP contribution is 2.38. The summed E-state index contributed by atoms with van der Waals surface area (Å²) >= 11 is 0. The van der Waals surface area contributed by atoms with Crippen LogP contribution in [-0.4, -0.2) is 20.0 Å². The Morgan fingerprint density at radius 3 is 2.38 bits per heavy atom. The molecule has 0 aliphatic rings. The van der Waals surface area contributed by atoms with Gasteiger partial charge < -0.3 is 14.5 Å². The molecule has 0 spiro atoms. The number of aryl methyl sites for hydroxylation is 2. The number of halogens is 6. The fraction of sp³-hybridized carbons (Fsp3) is 0.222. The monoisotopic (exact) mass is 547 g/mol. The molecular weight excluding hydrogens is 524 g/mol. The van der Waals surface area contributed by atoms with E-state index in [1.165, 1.54) is 33.4 Å². The van der Waals surface area contributed by atoms with Crippen molar-refractivity contribution in [3.8, 4) is 11.1 Å². The molecule has 4 rings (SSSR count). The first-order valence-electron chi connectivity index (χ1n) is 11.7. The highest BCUT2D eigenvalue weighted by molar-refractivity contribution is 5.96. The predicted molar refractivity (Wildman–Crippen MR) is 130 cm³/mol. The number of nitrogens with zero attached hydrogens (tertiary/aromatic N) is 3. The largest absolute Gasteiger partial charge is 0.434 e. The first-order valence-corrected chi connectivity index (χ1v) is 11.7. The van der Waals surface area contributed by atoms with E-state index in [2.05, 4.69) is 10.3 Å². The minimum Gasteiger partial charge on any atom is -0.345 e. The summed E-state index contributed by atoms with van der Waals surface area (Å²) in [7, 11) is 1.62. The summed E-state index contributed by atoms with van der Waals surface area (Å²) in [5.74, 6) is -4.04. The van der Waals surface area contributed by atoms with Crippen LogP contribution >= 0.6 is 0 Å². The number of hydrogen-bond donors (Lipinski definition) is 2. The van der Waals surface area contributed by atoms with Crippen LogP contribution < -0.4 is 10.9 Å². The maximum absolute atomic E-state index is 15.8. The predicted octanol–water partition coefficient (Wildman–Crippen LogP) is 5.65. The summed E-state index contributed by atoms with van der Waals surface area (Å²) in [6.07, 6.45) is -1.98. The van der Waals surface area contributed by atoms with Gasteiger partial charge in [-0.25, -0.2) is 13.8 Å². The number of benzene rings is 2. The quantitative estimate of drug-likeness (QED) is 0.242. The fourth-order valence-electron chi connectivity index (χ4n) is 4.15. The topological polar surface area (TPSA) is 75.7 Å². The molecule has 2 heterocycles. The van der Waals surface area contributed by atoms with Gasteiger partial charge in [0.15, 0.2) is 5.69 Å². The van der Waals surface area contributed by atoms with Crippen LogP contribution in [0.1, 0.15) is 45.7 Å². The number of pyridine rings is 1.